The number of halogens is 4. The van der Waals surface area contributed by atoms with Crippen LogP contribution < -0.4 is 11.1 Å². The number of nitrogens with one attached hydrogen (secondary N) is 1. The van der Waals surface area contributed by atoms with Gasteiger partial charge in [-0.15, -0.1) is 0 Å². The fourth-order valence-corrected chi connectivity index (χ4v) is 3.43. The van der Waals surface area contributed by atoms with Gasteiger partial charge >= 0.3 is 6.18 Å². The molecule has 12 heteroatoms. The number of aromatic nitrogens is 4. The summed E-state index contributed by atoms with van der Waals surface area (Å²) >= 11 is 0. The van der Waals surface area contributed by atoms with E-state index in [0.29, 0.717) is 16.6 Å². The van der Waals surface area contributed by atoms with Crippen LogP contribution in [-0.4, -0.2) is 38.0 Å². The highest BCUT2D eigenvalue weighted by Crippen LogP contribution is 2.32. The highest BCUT2D eigenvalue weighted by Gasteiger charge is 2.31. The monoisotopic (exact) mass is 464 g/mol. The summed E-state index contributed by atoms with van der Waals surface area (Å²) in [4.78, 5) is 16.5. The zero-order valence-corrected chi connectivity index (χ0v) is 17.4. The van der Waals surface area contributed by atoms with Crippen LogP contribution in [0, 0.1) is 0 Å². The number of rotatable bonds is 7. The molecule has 1 atom stereocenters. The number of carbonyl (C=O) groups is 1. The Labute approximate surface area is 185 Å². The SMILES string of the molecule is CC(CF)n1ccc(C(=O)NCc2nc(-c3cc4c(N)cccc4n3CC(F)(F)F)no2)c1. The Bertz CT molecular complexity index is 1290. The van der Waals surface area contributed by atoms with Gasteiger partial charge in [0.25, 0.3) is 5.91 Å². The normalized spacial score (nSPS) is 12.9. The summed E-state index contributed by atoms with van der Waals surface area (Å²) < 4.78 is 60.1. The maximum Gasteiger partial charge on any atom is 0.406 e. The number of alkyl halides is 4. The van der Waals surface area contributed by atoms with Crippen LogP contribution in [0.3, 0.4) is 0 Å². The number of hydrogen-bond acceptors (Lipinski definition) is 5. The van der Waals surface area contributed by atoms with Gasteiger partial charge in [-0.1, -0.05) is 11.2 Å². The van der Waals surface area contributed by atoms with Crippen LogP contribution in [0.25, 0.3) is 22.4 Å². The summed E-state index contributed by atoms with van der Waals surface area (Å²) in [7, 11) is 0. The van der Waals surface area contributed by atoms with E-state index in [2.05, 4.69) is 15.5 Å². The van der Waals surface area contributed by atoms with Gasteiger partial charge in [0.1, 0.15) is 13.2 Å². The summed E-state index contributed by atoms with van der Waals surface area (Å²) in [6.45, 7) is -0.300. The van der Waals surface area contributed by atoms with Crippen molar-refractivity contribution in [1.82, 2.24) is 24.6 Å². The third-order valence-corrected chi connectivity index (χ3v) is 5.12. The van der Waals surface area contributed by atoms with Crippen molar-refractivity contribution in [3.05, 3.63) is 54.2 Å². The molecule has 1 amide bonds. The van der Waals surface area contributed by atoms with E-state index in [9.17, 15) is 22.4 Å². The molecule has 4 aromatic rings. The largest absolute Gasteiger partial charge is 0.406 e. The third kappa shape index (κ3) is 4.69. The van der Waals surface area contributed by atoms with Crippen LogP contribution in [0.4, 0.5) is 23.2 Å². The maximum absolute atomic E-state index is 13.2. The number of nitrogens with zero attached hydrogens (tertiary/aromatic N) is 4. The summed E-state index contributed by atoms with van der Waals surface area (Å²) in [6.07, 6.45) is -1.38. The van der Waals surface area contributed by atoms with E-state index in [1.807, 2.05) is 0 Å². The molecule has 8 nitrogen and oxygen atoms in total. The Kier molecular flexibility index (Phi) is 5.83. The first kappa shape index (κ1) is 22.4. The number of anilines is 1. The molecule has 3 N–H and O–H groups in total. The second-order valence-corrected chi connectivity index (χ2v) is 7.56. The average Bonchev–Trinajstić information content (AvgIpc) is 3.50. The quantitative estimate of drug-likeness (QED) is 0.317. The molecule has 3 heterocycles. The molecule has 4 rings (SSSR count). The Balaban J connectivity index is 1.55. The topological polar surface area (TPSA) is 104 Å². The van der Waals surface area contributed by atoms with E-state index >= 15 is 0 Å². The Morgan fingerprint density at radius 2 is 2.09 bits per heavy atom. The molecule has 1 aromatic carbocycles. The molecule has 174 valence electrons. The lowest BCUT2D eigenvalue weighted by atomic mass is 10.2. The van der Waals surface area contributed by atoms with E-state index in [1.165, 1.54) is 18.3 Å². The third-order valence-electron chi connectivity index (χ3n) is 5.12. The Morgan fingerprint density at radius 3 is 2.82 bits per heavy atom. The minimum Gasteiger partial charge on any atom is -0.398 e. The van der Waals surface area contributed by atoms with Crippen LogP contribution in [0.15, 0.2) is 47.2 Å². The first-order valence-corrected chi connectivity index (χ1v) is 9.95. The van der Waals surface area contributed by atoms with Crippen molar-refractivity contribution < 1.29 is 26.9 Å². The van der Waals surface area contributed by atoms with Gasteiger partial charge < -0.3 is 24.7 Å². The minimum atomic E-state index is -4.48. The molecule has 0 aliphatic heterocycles. The molecular weight excluding hydrogens is 444 g/mol. The van der Waals surface area contributed by atoms with Crippen LogP contribution in [0.2, 0.25) is 0 Å². The van der Waals surface area contributed by atoms with Crippen LogP contribution in [-0.2, 0) is 13.1 Å². The van der Waals surface area contributed by atoms with Crippen molar-refractivity contribution >= 4 is 22.5 Å². The van der Waals surface area contributed by atoms with E-state index < -0.39 is 31.3 Å². The predicted molar refractivity (Wildman–Crippen MR) is 112 cm³/mol. The second-order valence-electron chi connectivity index (χ2n) is 7.56. The van der Waals surface area contributed by atoms with E-state index in [-0.39, 0.29) is 29.5 Å². The molecule has 3 aromatic heterocycles. The molecular formula is C21H20F4N6O2. The highest BCUT2D eigenvalue weighted by atomic mass is 19.4. The van der Waals surface area contributed by atoms with Gasteiger partial charge in [0.2, 0.25) is 11.7 Å². The summed E-state index contributed by atoms with van der Waals surface area (Å²) in [5.74, 6) is -0.507. The van der Waals surface area contributed by atoms with Crippen LogP contribution in [0.1, 0.15) is 29.2 Å². The van der Waals surface area contributed by atoms with Gasteiger partial charge in [0.15, 0.2) is 0 Å². The molecule has 0 aliphatic carbocycles. The lowest BCUT2D eigenvalue weighted by Crippen LogP contribution is -2.22. The van der Waals surface area contributed by atoms with Crippen LogP contribution >= 0.6 is 0 Å². The van der Waals surface area contributed by atoms with Gasteiger partial charge in [-0.2, -0.15) is 18.2 Å². The molecule has 33 heavy (non-hydrogen) atoms. The van der Waals surface area contributed by atoms with Crippen molar-refractivity contribution in [2.75, 3.05) is 12.4 Å². The fraction of sp³-hybridized carbons (Fsp3) is 0.286. The Morgan fingerprint density at radius 1 is 1.30 bits per heavy atom. The van der Waals surface area contributed by atoms with Gasteiger partial charge in [0, 0.05) is 23.5 Å². The zero-order chi connectivity index (χ0) is 23.8. The van der Waals surface area contributed by atoms with Gasteiger partial charge in [-0.25, -0.2) is 4.39 Å². The molecule has 0 fully saturated rings. The number of fused-ring (bicyclic) bond motifs is 1. The molecule has 0 saturated heterocycles. The molecule has 0 aliphatic rings. The van der Waals surface area contributed by atoms with Gasteiger partial charge in [-0.05, 0) is 31.2 Å². The van der Waals surface area contributed by atoms with Crippen LogP contribution in [0.5, 0.6) is 0 Å². The standard InChI is InChI=1S/C21H20F4N6O2/c1-12(8-22)30-6-5-13(10-30)20(32)27-9-18-28-19(29-33-18)17-7-14-15(26)3-2-4-16(14)31(17)11-21(23,24)25/h2-7,10,12H,8-9,11,26H2,1H3,(H,27,32). The number of hydrogen-bond donors (Lipinski definition) is 2. The Hall–Kier alpha value is -3.83. The van der Waals surface area contributed by atoms with E-state index in [1.54, 1.807) is 35.9 Å². The van der Waals surface area contributed by atoms with E-state index in [4.69, 9.17) is 10.3 Å². The maximum atomic E-state index is 13.2. The summed E-state index contributed by atoms with van der Waals surface area (Å²) in [5.41, 5.74) is 6.93. The van der Waals surface area contributed by atoms with Gasteiger partial charge in [-0.3, -0.25) is 4.79 Å². The summed E-state index contributed by atoms with van der Waals surface area (Å²) in [5, 5.41) is 6.80. The summed E-state index contributed by atoms with van der Waals surface area (Å²) in [6, 6.07) is 7.29. The van der Waals surface area contributed by atoms with Crippen molar-refractivity contribution in [2.24, 2.45) is 0 Å². The molecule has 0 radical (unpaired) electrons. The van der Waals surface area contributed by atoms with Crippen molar-refractivity contribution in [1.29, 1.82) is 0 Å². The molecule has 1 unspecified atom stereocenters. The first-order valence-electron chi connectivity index (χ1n) is 9.95. The van der Waals surface area contributed by atoms with E-state index in [0.717, 1.165) is 4.57 Å². The second kappa shape index (κ2) is 8.60. The predicted octanol–water partition coefficient (Wildman–Crippen LogP) is 4.10. The number of benzene rings is 1. The van der Waals surface area contributed by atoms with Crippen molar-refractivity contribution in [3.8, 4) is 11.5 Å². The average molecular weight is 464 g/mol. The number of amides is 1. The molecule has 0 saturated carbocycles. The minimum absolute atomic E-state index is 0.00620. The lowest BCUT2D eigenvalue weighted by molar-refractivity contribution is -0.139. The fourth-order valence-electron chi connectivity index (χ4n) is 3.43. The number of nitrogens with two attached hydrogens (primary N) is 1. The lowest BCUT2D eigenvalue weighted by Gasteiger charge is -2.11. The van der Waals surface area contributed by atoms with Gasteiger partial charge in [0.05, 0.1) is 29.4 Å². The first-order chi connectivity index (χ1) is 15.7. The zero-order valence-electron chi connectivity index (χ0n) is 17.4. The van der Waals surface area contributed by atoms with Crippen molar-refractivity contribution in [3.63, 3.8) is 0 Å². The number of carbonyl (C=O) groups excluding carboxylic acids is 1. The van der Waals surface area contributed by atoms with Crippen molar-refractivity contribution in [2.45, 2.75) is 32.2 Å². The smallest absolute Gasteiger partial charge is 0.398 e. The number of nitrogen functional groups attached to an aromatic ring is 1. The highest BCUT2D eigenvalue weighted by molar-refractivity contribution is 5.95. The molecule has 0 bridgehead atoms. The molecule has 0 spiro atoms.